The maximum absolute atomic E-state index is 13.3. The van der Waals surface area contributed by atoms with Crippen LogP contribution in [-0.2, 0) is 9.53 Å². The van der Waals surface area contributed by atoms with Gasteiger partial charge in [0.25, 0.3) is 5.69 Å². The highest BCUT2D eigenvalue weighted by Crippen LogP contribution is 2.48. The van der Waals surface area contributed by atoms with Crippen LogP contribution >= 0.6 is 11.6 Å². The van der Waals surface area contributed by atoms with Gasteiger partial charge in [-0.2, -0.15) is 5.26 Å². The molecule has 0 radical (unpaired) electrons. The number of nitrogens with zero attached hydrogens (tertiary/aromatic N) is 2. The van der Waals surface area contributed by atoms with Crippen LogP contribution in [0.5, 0.6) is 0 Å². The van der Waals surface area contributed by atoms with Crippen molar-refractivity contribution in [1.29, 1.82) is 5.26 Å². The highest BCUT2D eigenvalue weighted by atomic mass is 35.5. The first-order valence-electron chi connectivity index (χ1n) is 7.92. The standard InChI is InChI=1S/C18H16ClN3O4/c1-18(2)6-11-14(7-18)26-17(21)12(8-20)15(16(11)23)10-5-9(22(24)25)3-4-13(10)19/h3-5,15H,6-7,21H2,1-2H3. The van der Waals surface area contributed by atoms with Gasteiger partial charge in [-0.15, -0.1) is 0 Å². The lowest BCUT2D eigenvalue weighted by Gasteiger charge is -2.20. The lowest BCUT2D eigenvalue weighted by Crippen LogP contribution is -2.20. The smallest absolute Gasteiger partial charge is 0.269 e. The lowest BCUT2D eigenvalue weighted by molar-refractivity contribution is -0.384. The van der Waals surface area contributed by atoms with Crippen molar-refractivity contribution in [2.24, 2.45) is 11.1 Å². The van der Waals surface area contributed by atoms with E-state index in [0.29, 0.717) is 24.2 Å². The minimum Gasteiger partial charge on any atom is -0.444 e. The van der Waals surface area contributed by atoms with Crippen LogP contribution in [0, 0.1) is 26.9 Å². The Balaban J connectivity index is 2.20. The zero-order valence-electron chi connectivity index (χ0n) is 14.2. The second kappa shape index (κ2) is 6.15. The van der Waals surface area contributed by atoms with Crippen molar-refractivity contribution >= 4 is 23.1 Å². The van der Waals surface area contributed by atoms with Gasteiger partial charge in [0.2, 0.25) is 5.88 Å². The molecule has 1 aromatic carbocycles. The number of hydrogen-bond acceptors (Lipinski definition) is 6. The van der Waals surface area contributed by atoms with Crippen molar-refractivity contribution in [2.45, 2.75) is 32.6 Å². The molecular weight excluding hydrogens is 358 g/mol. The molecule has 0 amide bonds. The van der Waals surface area contributed by atoms with Crippen molar-refractivity contribution in [2.75, 3.05) is 0 Å². The van der Waals surface area contributed by atoms with Crippen LogP contribution in [0.3, 0.4) is 0 Å². The predicted molar refractivity (Wildman–Crippen MR) is 93.8 cm³/mol. The van der Waals surface area contributed by atoms with Gasteiger partial charge in [-0.25, -0.2) is 0 Å². The van der Waals surface area contributed by atoms with E-state index in [1.165, 1.54) is 18.2 Å². The van der Waals surface area contributed by atoms with E-state index < -0.39 is 10.8 Å². The number of rotatable bonds is 2. The quantitative estimate of drug-likeness (QED) is 0.623. The Morgan fingerprint density at radius 1 is 1.42 bits per heavy atom. The molecule has 0 saturated heterocycles. The van der Waals surface area contributed by atoms with E-state index >= 15 is 0 Å². The number of carbonyl (C=O) groups is 1. The number of allylic oxidation sites excluding steroid dienone is 3. The molecule has 26 heavy (non-hydrogen) atoms. The number of nitrogens with two attached hydrogens (primary N) is 1. The fraction of sp³-hybridized carbons (Fsp3) is 0.333. The molecule has 1 aromatic rings. The molecule has 8 heteroatoms. The number of benzene rings is 1. The van der Waals surface area contributed by atoms with Gasteiger partial charge in [0, 0.05) is 29.1 Å². The molecule has 1 aliphatic heterocycles. The minimum absolute atomic E-state index is 0.0930. The number of nitro benzene ring substituents is 1. The number of nitriles is 1. The third kappa shape index (κ3) is 2.93. The van der Waals surface area contributed by atoms with Gasteiger partial charge >= 0.3 is 0 Å². The van der Waals surface area contributed by atoms with E-state index in [0.717, 1.165) is 0 Å². The Bertz CT molecular complexity index is 940. The van der Waals surface area contributed by atoms with Gasteiger partial charge < -0.3 is 10.5 Å². The topological polar surface area (TPSA) is 119 Å². The Morgan fingerprint density at radius 3 is 2.73 bits per heavy atom. The molecule has 0 aromatic heterocycles. The minimum atomic E-state index is -1.13. The normalized spacial score (nSPS) is 21.8. The first-order valence-corrected chi connectivity index (χ1v) is 8.30. The average Bonchev–Trinajstić information content (AvgIpc) is 2.82. The molecule has 0 spiro atoms. The van der Waals surface area contributed by atoms with E-state index in [9.17, 15) is 20.2 Å². The summed E-state index contributed by atoms with van der Waals surface area (Å²) in [7, 11) is 0. The SMILES string of the molecule is CC1(C)CC2=C(C1)C(=O)C(c1cc([N+](=O)[O-])ccc1Cl)C(C#N)=C(N)O2. The van der Waals surface area contributed by atoms with Crippen LogP contribution in [0.2, 0.25) is 5.02 Å². The molecule has 1 atom stereocenters. The van der Waals surface area contributed by atoms with E-state index in [1.54, 1.807) is 0 Å². The number of carbonyl (C=O) groups excluding carboxylic acids is 1. The number of non-ortho nitro benzene ring substituents is 1. The third-order valence-corrected chi connectivity index (χ3v) is 4.94. The number of ketones is 1. The van der Waals surface area contributed by atoms with Gasteiger partial charge in [0.05, 0.1) is 10.8 Å². The van der Waals surface area contributed by atoms with Crippen LogP contribution in [0.4, 0.5) is 5.69 Å². The van der Waals surface area contributed by atoms with Crippen molar-refractivity contribution in [3.05, 3.63) is 61.7 Å². The fourth-order valence-electron chi connectivity index (χ4n) is 3.42. The summed E-state index contributed by atoms with van der Waals surface area (Å²) in [6.07, 6.45) is 0.985. The number of hydrogen-bond donors (Lipinski definition) is 1. The molecule has 7 nitrogen and oxygen atoms in total. The predicted octanol–water partition coefficient (Wildman–Crippen LogP) is 3.70. The van der Waals surface area contributed by atoms with Crippen LogP contribution in [-0.4, -0.2) is 10.7 Å². The van der Waals surface area contributed by atoms with Crippen LogP contribution in [0.15, 0.2) is 41.0 Å². The van der Waals surface area contributed by atoms with Crippen molar-refractivity contribution < 1.29 is 14.5 Å². The number of halogens is 1. The van der Waals surface area contributed by atoms with Crippen LogP contribution in [0.25, 0.3) is 0 Å². The van der Waals surface area contributed by atoms with Crippen molar-refractivity contribution in [3.8, 4) is 6.07 Å². The summed E-state index contributed by atoms with van der Waals surface area (Å²) in [5, 5.41) is 20.8. The van der Waals surface area contributed by atoms with E-state index in [2.05, 4.69) is 0 Å². The number of Topliss-reactive ketones (excluding diaryl/α,β-unsaturated/α-hetero) is 1. The van der Waals surface area contributed by atoms with Gasteiger partial charge in [-0.3, -0.25) is 14.9 Å². The van der Waals surface area contributed by atoms with Gasteiger partial charge in [-0.1, -0.05) is 25.4 Å². The molecule has 2 N–H and O–H groups in total. The molecular formula is C18H16ClN3O4. The highest BCUT2D eigenvalue weighted by molar-refractivity contribution is 6.32. The van der Waals surface area contributed by atoms with E-state index in [4.69, 9.17) is 22.1 Å². The molecule has 0 saturated carbocycles. The van der Waals surface area contributed by atoms with Gasteiger partial charge in [0.1, 0.15) is 17.4 Å². The average molecular weight is 374 g/mol. The maximum atomic E-state index is 13.3. The molecule has 0 bridgehead atoms. The third-order valence-electron chi connectivity index (χ3n) is 4.60. The van der Waals surface area contributed by atoms with Crippen LogP contribution < -0.4 is 5.73 Å². The lowest BCUT2D eigenvalue weighted by atomic mass is 9.82. The molecule has 1 aliphatic carbocycles. The van der Waals surface area contributed by atoms with E-state index in [1.807, 2.05) is 19.9 Å². The molecule has 1 unspecified atom stereocenters. The largest absolute Gasteiger partial charge is 0.444 e. The molecule has 0 fully saturated rings. The van der Waals surface area contributed by atoms with Gasteiger partial charge in [0.15, 0.2) is 5.78 Å². The Kier molecular flexibility index (Phi) is 4.24. The summed E-state index contributed by atoms with van der Waals surface area (Å²) >= 11 is 6.22. The van der Waals surface area contributed by atoms with Crippen molar-refractivity contribution in [3.63, 3.8) is 0 Å². The molecule has 2 aliphatic rings. The second-order valence-corrected chi connectivity index (χ2v) is 7.58. The zero-order valence-corrected chi connectivity index (χ0v) is 15.0. The van der Waals surface area contributed by atoms with Crippen molar-refractivity contribution in [1.82, 2.24) is 0 Å². The zero-order chi connectivity index (χ0) is 19.2. The maximum Gasteiger partial charge on any atom is 0.269 e. The summed E-state index contributed by atoms with van der Waals surface area (Å²) in [6.45, 7) is 4.00. The Hall–Kier alpha value is -2.85. The summed E-state index contributed by atoms with van der Waals surface area (Å²) < 4.78 is 5.63. The van der Waals surface area contributed by atoms with Crippen LogP contribution in [0.1, 0.15) is 38.2 Å². The molecule has 1 heterocycles. The highest BCUT2D eigenvalue weighted by Gasteiger charge is 2.43. The summed E-state index contributed by atoms with van der Waals surface area (Å²) in [4.78, 5) is 23.8. The first kappa shape index (κ1) is 18.0. The fourth-order valence-corrected chi connectivity index (χ4v) is 3.65. The number of nitro groups is 1. The van der Waals surface area contributed by atoms with E-state index in [-0.39, 0.29) is 38.9 Å². The summed E-state index contributed by atoms with van der Waals surface area (Å²) in [5.41, 5.74) is 6.08. The van der Waals surface area contributed by atoms with Gasteiger partial charge in [-0.05, 0) is 23.5 Å². The number of ether oxygens (including phenoxy) is 1. The Morgan fingerprint density at radius 2 is 2.12 bits per heavy atom. The summed E-state index contributed by atoms with van der Waals surface area (Å²) in [6, 6.07) is 5.70. The monoisotopic (exact) mass is 373 g/mol. The second-order valence-electron chi connectivity index (χ2n) is 7.17. The Labute approximate surface area is 154 Å². The first-order chi connectivity index (χ1) is 12.1. The molecule has 3 rings (SSSR count). The molecule has 134 valence electrons. The summed E-state index contributed by atoms with van der Waals surface area (Å²) in [5.74, 6) is -1.20.